The standard InChI is InChI=1S/C13H10F2N2OS/c1-8-16-10(7-19-8)3-5-13(18)17-12-6-9(14)2-4-11(12)15/h2-7H,1H3,(H,17,18). The highest BCUT2D eigenvalue weighted by molar-refractivity contribution is 7.09. The SMILES string of the molecule is Cc1nc(C=CC(=O)Nc2cc(F)ccc2F)cs1. The van der Waals surface area contributed by atoms with E-state index in [1.165, 1.54) is 23.5 Å². The molecule has 0 spiro atoms. The topological polar surface area (TPSA) is 42.0 Å². The Morgan fingerprint density at radius 3 is 2.89 bits per heavy atom. The maximum absolute atomic E-state index is 13.3. The quantitative estimate of drug-likeness (QED) is 0.876. The number of anilines is 1. The number of aromatic nitrogens is 1. The van der Waals surface area contributed by atoms with Gasteiger partial charge in [0.05, 0.1) is 16.4 Å². The van der Waals surface area contributed by atoms with Gasteiger partial charge in [-0.1, -0.05) is 0 Å². The fraction of sp³-hybridized carbons (Fsp3) is 0.0769. The molecule has 98 valence electrons. The second-order valence-electron chi connectivity index (χ2n) is 3.74. The van der Waals surface area contributed by atoms with Gasteiger partial charge in [-0.15, -0.1) is 11.3 Å². The van der Waals surface area contributed by atoms with E-state index >= 15 is 0 Å². The summed E-state index contributed by atoms with van der Waals surface area (Å²) in [5.74, 6) is -1.85. The fourth-order valence-electron chi connectivity index (χ4n) is 1.39. The summed E-state index contributed by atoms with van der Waals surface area (Å²) in [6.45, 7) is 1.85. The molecule has 0 bridgehead atoms. The van der Waals surface area contributed by atoms with E-state index < -0.39 is 17.5 Å². The van der Waals surface area contributed by atoms with Crippen LogP contribution in [0.25, 0.3) is 6.08 Å². The largest absolute Gasteiger partial charge is 0.320 e. The van der Waals surface area contributed by atoms with Crippen molar-refractivity contribution >= 4 is 29.0 Å². The van der Waals surface area contributed by atoms with Gasteiger partial charge in [0.2, 0.25) is 5.91 Å². The number of benzene rings is 1. The van der Waals surface area contributed by atoms with Gasteiger partial charge in [-0.05, 0) is 25.1 Å². The summed E-state index contributed by atoms with van der Waals surface area (Å²) >= 11 is 1.46. The Kier molecular flexibility index (Phi) is 4.01. The van der Waals surface area contributed by atoms with E-state index in [4.69, 9.17) is 0 Å². The predicted molar refractivity (Wildman–Crippen MR) is 70.9 cm³/mol. The molecule has 0 fully saturated rings. The number of nitrogens with one attached hydrogen (secondary N) is 1. The number of nitrogens with zero attached hydrogens (tertiary/aromatic N) is 1. The fourth-order valence-corrected chi connectivity index (χ4v) is 1.97. The van der Waals surface area contributed by atoms with Gasteiger partial charge >= 0.3 is 0 Å². The van der Waals surface area contributed by atoms with Crippen LogP contribution in [-0.2, 0) is 4.79 Å². The van der Waals surface area contributed by atoms with E-state index in [0.717, 1.165) is 23.2 Å². The summed E-state index contributed by atoms with van der Waals surface area (Å²) in [5.41, 5.74) is 0.460. The highest BCUT2D eigenvalue weighted by atomic mass is 32.1. The summed E-state index contributed by atoms with van der Waals surface area (Å²) in [4.78, 5) is 15.7. The molecular weight excluding hydrogens is 270 g/mol. The maximum atomic E-state index is 13.3. The minimum absolute atomic E-state index is 0.191. The molecule has 0 atom stereocenters. The van der Waals surface area contributed by atoms with Crippen LogP contribution < -0.4 is 5.32 Å². The third kappa shape index (κ3) is 3.69. The summed E-state index contributed by atoms with van der Waals surface area (Å²) in [5, 5.41) is 4.94. The van der Waals surface area contributed by atoms with Crippen LogP contribution in [0.4, 0.5) is 14.5 Å². The zero-order chi connectivity index (χ0) is 13.8. The lowest BCUT2D eigenvalue weighted by Gasteiger charge is -2.03. The summed E-state index contributed by atoms with van der Waals surface area (Å²) in [6, 6.07) is 2.87. The van der Waals surface area contributed by atoms with Crippen molar-refractivity contribution < 1.29 is 13.6 Å². The summed E-state index contributed by atoms with van der Waals surface area (Å²) in [6.07, 6.45) is 2.73. The molecular formula is C13H10F2N2OS. The Balaban J connectivity index is 2.05. The molecule has 1 heterocycles. The van der Waals surface area contributed by atoms with E-state index in [-0.39, 0.29) is 5.69 Å². The van der Waals surface area contributed by atoms with Crippen LogP contribution in [-0.4, -0.2) is 10.9 Å². The smallest absolute Gasteiger partial charge is 0.248 e. The number of halogens is 2. The Hall–Kier alpha value is -2.08. The third-order valence-corrected chi connectivity index (χ3v) is 3.02. The molecule has 6 heteroatoms. The first-order valence-electron chi connectivity index (χ1n) is 5.41. The highest BCUT2D eigenvalue weighted by Gasteiger charge is 2.06. The summed E-state index contributed by atoms with van der Waals surface area (Å²) < 4.78 is 26.2. The first-order chi connectivity index (χ1) is 9.04. The van der Waals surface area contributed by atoms with Crippen molar-refractivity contribution in [2.24, 2.45) is 0 Å². The lowest BCUT2D eigenvalue weighted by atomic mass is 10.3. The molecule has 1 aromatic heterocycles. The molecule has 2 rings (SSSR count). The van der Waals surface area contributed by atoms with Gasteiger partial charge in [-0.2, -0.15) is 0 Å². The lowest BCUT2D eigenvalue weighted by molar-refractivity contribution is -0.111. The number of thiazole rings is 1. The van der Waals surface area contributed by atoms with E-state index in [1.807, 2.05) is 6.92 Å². The van der Waals surface area contributed by atoms with Gasteiger partial charge in [0.15, 0.2) is 0 Å². The molecule has 0 aliphatic rings. The number of hydrogen-bond donors (Lipinski definition) is 1. The maximum Gasteiger partial charge on any atom is 0.248 e. The van der Waals surface area contributed by atoms with Crippen molar-refractivity contribution in [3.63, 3.8) is 0 Å². The molecule has 0 unspecified atom stereocenters. The Morgan fingerprint density at radius 2 is 2.21 bits per heavy atom. The zero-order valence-corrected chi connectivity index (χ0v) is 10.8. The van der Waals surface area contributed by atoms with Crippen molar-refractivity contribution in [3.8, 4) is 0 Å². The minimum atomic E-state index is -0.687. The van der Waals surface area contributed by atoms with Crippen LogP contribution in [0.5, 0.6) is 0 Å². The number of carbonyl (C=O) groups is 1. The first kappa shape index (κ1) is 13.4. The van der Waals surface area contributed by atoms with Crippen molar-refractivity contribution in [1.29, 1.82) is 0 Å². The van der Waals surface area contributed by atoms with Crippen LogP contribution in [0.15, 0.2) is 29.7 Å². The normalized spacial score (nSPS) is 10.9. The highest BCUT2D eigenvalue weighted by Crippen LogP contribution is 2.15. The monoisotopic (exact) mass is 280 g/mol. The van der Waals surface area contributed by atoms with Gasteiger partial charge in [0.1, 0.15) is 11.6 Å². The van der Waals surface area contributed by atoms with Crippen LogP contribution in [0, 0.1) is 18.6 Å². The number of carbonyl (C=O) groups excluding carboxylic acids is 1. The molecule has 2 aromatic rings. The number of aryl methyl sites for hydroxylation is 1. The molecule has 0 aliphatic carbocycles. The first-order valence-corrected chi connectivity index (χ1v) is 6.29. The molecule has 0 saturated heterocycles. The van der Waals surface area contributed by atoms with Crippen LogP contribution >= 0.6 is 11.3 Å². The number of amides is 1. The van der Waals surface area contributed by atoms with Crippen LogP contribution in [0.3, 0.4) is 0 Å². The Morgan fingerprint density at radius 1 is 1.42 bits per heavy atom. The van der Waals surface area contributed by atoms with Gasteiger partial charge in [-0.25, -0.2) is 13.8 Å². The molecule has 0 aliphatic heterocycles. The average Bonchev–Trinajstić information content (AvgIpc) is 2.77. The second-order valence-corrected chi connectivity index (χ2v) is 4.80. The van der Waals surface area contributed by atoms with E-state index in [9.17, 15) is 13.6 Å². The van der Waals surface area contributed by atoms with Gasteiger partial charge < -0.3 is 5.32 Å². The summed E-state index contributed by atoms with van der Waals surface area (Å²) in [7, 11) is 0. The van der Waals surface area contributed by atoms with Crippen LogP contribution in [0.1, 0.15) is 10.7 Å². The van der Waals surface area contributed by atoms with Gasteiger partial charge in [-0.3, -0.25) is 4.79 Å². The molecule has 3 nitrogen and oxygen atoms in total. The van der Waals surface area contributed by atoms with Crippen molar-refractivity contribution in [1.82, 2.24) is 4.98 Å². The lowest BCUT2D eigenvalue weighted by Crippen LogP contribution is -2.09. The predicted octanol–water partition coefficient (Wildman–Crippen LogP) is 3.38. The zero-order valence-electron chi connectivity index (χ0n) is 9.98. The molecule has 0 saturated carbocycles. The van der Waals surface area contributed by atoms with Crippen molar-refractivity contribution in [3.05, 3.63) is 52.0 Å². The molecule has 0 radical (unpaired) electrons. The molecule has 19 heavy (non-hydrogen) atoms. The molecule has 1 aromatic carbocycles. The van der Waals surface area contributed by atoms with Gasteiger partial charge in [0.25, 0.3) is 0 Å². The molecule has 1 N–H and O–H groups in total. The van der Waals surface area contributed by atoms with E-state index in [1.54, 1.807) is 5.38 Å². The second kappa shape index (κ2) is 5.71. The number of rotatable bonds is 3. The van der Waals surface area contributed by atoms with Crippen molar-refractivity contribution in [2.75, 3.05) is 5.32 Å². The van der Waals surface area contributed by atoms with E-state index in [0.29, 0.717) is 5.69 Å². The Bertz CT molecular complexity index is 637. The molecule has 1 amide bonds. The van der Waals surface area contributed by atoms with Crippen molar-refractivity contribution in [2.45, 2.75) is 6.92 Å². The average molecular weight is 280 g/mol. The number of hydrogen-bond acceptors (Lipinski definition) is 3. The third-order valence-electron chi connectivity index (χ3n) is 2.23. The Labute approximate surface area is 112 Å². The minimum Gasteiger partial charge on any atom is -0.320 e. The van der Waals surface area contributed by atoms with Gasteiger partial charge in [0, 0.05) is 17.5 Å². The van der Waals surface area contributed by atoms with Crippen LogP contribution in [0.2, 0.25) is 0 Å². The van der Waals surface area contributed by atoms with E-state index in [2.05, 4.69) is 10.3 Å².